The van der Waals surface area contributed by atoms with Crippen LogP contribution in [0.5, 0.6) is 0 Å². The zero-order valence-electron chi connectivity index (χ0n) is 15.8. The van der Waals surface area contributed by atoms with Gasteiger partial charge in [-0.25, -0.2) is 0 Å². The van der Waals surface area contributed by atoms with E-state index in [1.54, 1.807) is 24.3 Å². The molecule has 3 aromatic rings. The van der Waals surface area contributed by atoms with Gasteiger partial charge in [0.1, 0.15) is 5.01 Å². The van der Waals surface area contributed by atoms with Crippen molar-refractivity contribution >= 4 is 28.3 Å². The van der Waals surface area contributed by atoms with Gasteiger partial charge in [-0.05, 0) is 17.7 Å². The van der Waals surface area contributed by atoms with E-state index in [1.165, 1.54) is 11.3 Å². The van der Waals surface area contributed by atoms with Crippen molar-refractivity contribution in [1.29, 1.82) is 0 Å². The largest absolute Gasteiger partial charge is 0.345 e. The van der Waals surface area contributed by atoms with Crippen molar-refractivity contribution in [3.05, 3.63) is 76.8 Å². The molecular formula is C21H22N4O2S. The van der Waals surface area contributed by atoms with E-state index in [4.69, 9.17) is 0 Å². The molecule has 2 aromatic carbocycles. The Bertz CT molecular complexity index is 926. The van der Waals surface area contributed by atoms with Gasteiger partial charge in [-0.1, -0.05) is 73.7 Å². The molecule has 0 saturated heterocycles. The van der Waals surface area contributed by atoms with Gasteiger partial charge >= 0.3 is 0 Å². The molecule has 1 atom stereocenters. The summed E-state index contributed by atoms with van der Waals surface area (Å²) >= 11 is 1.36. The highest BCUT2D eigenvalue weighted by Crippen LogP contribution is 2.24. The second-order valence-corrected chi connectivity index (χ2v) is 7.66. The Hall–Kier alpha value is -3.06. The van der Waals surface area contributed by atoms with Crippen LogP contribution in [0.2, 0.25) is 0 Å². The standard InChI is InChI=1S/C21H22N4O2S/c1-14(2)20-24-25-21(28-20)23-18(26)13-17(15-9-5-3-6-10-15)22-19(27)16-11-7-4-8-12-16/h3-12,14,17H,13H2,1-2H3,(H,22,27)(H,23,25,26). The maximum absolute atomic E-state index is 12.6. The third-order valence-electron chi connectivity index (χ3n) is 4.11. The second-order valence-electron chi connectivity index (χ2n) is 6.66. The summed E-state index contributed by atoms with van der Waals surface area (Å²) in [5.41, 5.74) is 1.41. The lowest BCUT2D eigenvalue weighted by Gasteiger charge is -2.19. The zero-order valence-corrected chi connectivity index (χ0v) is 16.6. The Labute approximate surface area is 168 Å². The van der Waals surface area contributed by atoms with E-state index in [2.05, 4.69) is 20.8 Å². The Morgan fingerprint density at radius 2 is 1.61 bits per heavy atom. The van der Waals surface area contributed by atoms with Gasteiger partial charge in [0.2, 0.25) is 11.0 Å². The predicted octanol–water partition coefficient (Wildman–Crippen LogP) is 4.16. The number of amides is 2. The molecule has 3 rings (SSSR count). The van der Waals surface area contributed by atoms with Crippen LogP contribution in [-0.2, 0) is 4.79 Å². The summed E-state index contributed by atoms with van der Waals surface area (Å²) in [6, 6.07) is 18.0. The number of rotatable bonds is 7. The molecule has 0 aliphatic carbocycles. The van der Waals surface area contributed by atoms with E-state index in [-0.39, 0.29) is 24.2 Å². The van der Waals surface area contributed by atoms with Crippen LogP contribution in [-0.4, -0.2) is 22.0 Å². The third-order valence-corrected chi connectivity index (χ3v) is 5.25. The summed E-state index contributed by atoms with van der Waals surface area (Å²) in [7, 11) is 0. The van der Waals surface area contributed by atoms with Crippen molar-refractivity contribution in [2.24, 2.45) is 0 Å². The van der Waals surface area contributed by atoms with Crippen LogP contribution < -0.4 is 10.6 Å². The van der Waals surface area contributed by atoms with Crippen molar-refractivity contribution < 1.29 is 9.59 Å². The van der Waals surface area contributed by atoms with Gasteiger partial charge in [0.25, 0.3) is 5.91 Å². The molecule has 2 N–H and O–H groups in total. The first-order valence-corrected chi connectivity index (χ1v) is 9.88. The molecule has 1 unspecified atom stereocenters. The number of nitrogens with zero attached hydrogens (tertiary/aromatic N) is 2. The van der Waals surface area contributed by atoms with Gasteiger partial charge in [0.15, 0.2) is 0 Å². The topological polar surface area (TPSA) is 84.0 Å². The summed E-state index contributed by atoms with van der Waals surface area (Å²) < 4.78 is 0. The fraction of sp³-hybridized carbons (Fsp3) is 0.238. The molecule has 1 heterocycles. The number of anilines is 1. The fourth-order valence-corrected chi connectivity index (χ4v) is 3.40. The number of aromatic nitrogens is 2. The Morgan fingerprint density at radius 3 is 2.21 bits per heavy atom. The summed E-state index contributed by atoms with van der Waals surface area (Å²) in [6.45, 7) is 4.05. The molecule has 0 fully saturated rings. The van der Waals surface area contributed by atoms with Crippen LogP contribution >= 0.6 is 11.3 Å². The molecule has 0 spiro atoms. The number of benzene rings is 2. The van der Waals surface area contributed by atoms with E-state index in [1.807, 2.05) is 50.2 Å². The van der Waals surface area contributed by atoms with Crippen LogP contribution in [0.1, 0.15) is 53.2 Å². The van der Waals surface area contributed by atoms with Gasteiger partial charge in [-0.2, -0.15) is 0 Å². The Kier molecular flexibility index (Phi) is 6.49. The summed E-state index contributed by atoms with van der Waals surface area (Å²) in [6.07, 6.45) is 0.0964. The minimum atomic E-state index is -0.452. The highest BCUT2D eigenvalue weighted by molar-refractivity contribution is 7.15. The van der Waals surface area contributed by atoms with Crippen LogP contribution in [0, 0.1) is 0 Å². The van der Waals surface area contributed by atoms with Crippen LogP contribution in [0.25, 0.3) is 0 Å². The van der Waals surface area contributed by atoms with E-state index in [9.17, 15) is 9.59 Å². The van der Waals surface area contributed by atoms with Crippen LogP contribution in [0.4, 0.5) is 5.13 Å². The molecule has 0 aliphatic rings. The molecule has 7 heteroatoms. The van der Waals surface area contributed by atoms with E-state index < -0.39 is 6.04 Å². The zero-order chi connectivity index (χ0) is 19.9. The third kappa shape index (κ3) is 5.23. The first kappa shape index (κ1) is 19.7. The van der Waals surface area contributed by atoms with Crippen molar-refractivity contribution in [3.63, 3.8) is 0 Å². The first-order valence-electron chi connectivity index (χ1n) is 9.07. The molecular weight excluding hydrogens is 372 g/mol. The van der Waals surface area contributed by atoms with Crippen molar-refractivity contribution in [3.8, 4) is 0 Å². The highest BCUT2D eigenvalue weighted by atomic mass is 32.1. The average Bonchev–Trinajstić information content (AvgIpc) is 3.17. The number of carbonyl (C=O) groups is 2. The fourth-order valence-electron chi connectivity index (χ4n) is 2.64. The van der Waals surface area contributed by atoms with Crippen molar-refractivity contribution in [2.45, 2.75) is 32.2 Å². The molecule has 1 aromatic heterocycles. The molecule has 0 saturated carbocycles. The number of hydrogen-bond donors (Lipinski definition) is 2. The maximum atomic E-state index is 12.6. The van der Waals surface area contributed by atoms with Gasteiger partial charge in [0, 0.05) is 11.5 Å². The molecule has 0 radical (unpaired) electrons. The first-order chi connectivity index (χ1) is 13.5. The number of nitrogens with one attached hydrogen (secondary N) is 2. The smallest absolute Gasteiger partial charge is 0.251 e. The molecule has 2 amide bonds. The lowest BCUT2D eigenvalue weighted by atomic mass is 10.0. The van der Waals surface area contributed by atoms with E-state index in [0.717, 1.165) is 10.6 Å². The van der Waals surface area contributed by atoms with Crippen LogP contribution in [0.15, 0.2) is 60.7 Å². The minimum Gasteiger partial charge on any atom is -0.345 e. The van der Waals surface area contributed by atoms with Gasteiger partial charge in [-0.15, -0.1) is 10.2 Å². The van der Waals surface area contributed by atoms with Gasteiger partial charge in [-0.3, -0.25) is 9.59 Å². The van der Waals surface area contributed by atoms with Crippen molar-refractivity contribution in [2.75, 3.05) is 5.32 Å². The van der Waals surface area contributed by atoms with E-state index in [0.29, 0.717) is 10.7 Å². The Morgan fingerprint density at radius 1 is 0.964 bits per heavy atom. The van der Waals surface area contributed by atoms with Crippen molar-refractivity contribution in [1.82, 2.24) is 15.5 Å². The average molecular weight is 395 g/mol. The second kappa shape index (κ2) is 9.23. The molecule has 28 heavy (non-hydrogen) atoms. The lowest BCUT2D eigenvalue weighted by molar-refractivity contribution is -0.116. The Balaban J connectivity index is 1.71. The monoisotopic (exact) mass is 394 g/mol. The minimum absolute atomic E-state index is 0.0964. The SMILES string of the molecule is CC(C)c1nnc(NC(=O)CC(NC(=O)c2ccccc2)c2ccccc2)s1. The quantitative estimate of drug-likeness (QED) is 0.630. The summed E-state index contributed by atoms with van der Waals surface area (Å²) in [5.74, 6) is -0.195. The van der Waals surface area contributed by atoms with Gasteiger partial charge in [0.05, 0.1) is 12.5 Å². The lowest BCUT2D eigenvalue weighted by Crippen LogP contribution is -2.31. The molecule has 144 valence electrons. The summed E-state index contributed by atoms with van der Waals surface area (Å²) in [4.78, 5) is 25.2. The van der Waals surface area contributed by atoms with E-state index >= 15 is 0 Å². The maximum Gasteiger partial charge on any atom is 0.251 e. The molecule has 6 nitrogen and oxygen atoms in total. The summed E-state index contributed by atoms with van der Waals surface area (Å²) in [5, 5.41) is 15.2. The normalized spacial score (nSPS) is 11.8. The number of carbonyl (C=O) groups excluding carboxylic acids is 2. The highest BCUT2D eigenvalue weighted by Gasteiger charge is 2.20. The number of hydrogen-bond acceptors (Lipinski definition) is 5. The predicted molar refractivity (Wildman–Crippen MR) is 110 cm³/mol. The molecule has 0 bridgehead atoms. The molecule has 0 aliphatic heterocycles. The van der Waals surface area contributed by atoms with Crippen LogP contribution in [0.3, 0.4) is 0 Å². The van der Waals surface area contributed by atoms with Gasteiger partial charge < -0.3 is 10.6 Å².